The third-order valence-corrected chi connectivity index (χ3v) is 7.33. The molecular weight excluding hydrogens is 539 g/mol. The largest absolute Gasteiger partial charge is 0.485 e. The zero-order valence-electron chi connectivity index (χ0n) is 21.1. The molecule has 0 spiro atoms. The summed E-state index contributed by atoms with van der Waals surface area (Å²) in [5, 5.41) is 2.04. The van der Waals surface area contributed by atoms with Crippen LogP contribution in [0.3, 0.4) is 0 Å². The van der Waals surface area contributed by atoms with Gasteiger partial charge in [0.2, 0.25) is 12.0 Å². The van der Waals surface area contributed by atoms with Gasteiger partial charge in [0.1, 0.15) is 12.4 Å². The number of esters is 1. The Balaban J connectivity index is 1.30. The number of carbonyl (C=O) groups excluding carboxylic acids is 3. The first kappa shape index (κ1) is 28.6. The Kier molecular flexibility index (Phi) is 9.23. The van der Waals surface area contributed by atoms with Gasteiger partial charge in [0.25, 0.3) is 5.91 Å². The van der Waals surface area contributed by atoms with Crippen LogP contribution in [-0.2, 0) is 32.1 Å². The van der Waals surface area contributed by atoms with Crippen LogP contribution in [0.15, 0.2) is 30.3 Å². The number of nitrogens with two attached hydrogens (primary N) is 1. The van der Waals surface area contributed by atoms with Crippen LogP contribution in [0.5, 0.6) is 11.5 Å². The summed E-state index contributed by atoms with van der Waals surface area (Å²) in [6.45, 7) is 2.43. The monoisotopic (exact) mass is 567 g/mol. The van der Waals surface area contributed by atoms with Crippen LogP contribution in [0.1, 0.15) is 24.5 Å². The van der Waals surface area contributed by atoms with Crippen molar-refractivity contribution in [3.8, 4) is 11.5 Å². The average molecular weight is 568 g/mol. The Morgan fingerprint density at radius 1 is 1.15 bits per heavy atom. The highest BCUT2D eigenvalue weighted by Gasteiger charge is 2.35. The molecule has 2 amide bonds. The molecule has 2 aromatic carbocycles. The Bertz CT molecular complexity index is 1250. The van der Waals surface area contributed by atoms with E-state index in [9.17, 15) is 27.6 Å². The predicted octanol–water partition coefficient (Wildman–Crippen LogP) is 2.28. The van der Waals surface area contributed by atoms with Crippen LogP contribution < -0.4 is 20.5 Å². The van der Waals surface area contributed by atoms with Gasteiger partial charge in [0.15, 0.2) is 28.5 Å². The Morgan fingerprint density at radius 2 is 1.92 bits per heavy atom. The summed E-state index contributed by atoms with van der Waals surface area (Å²) in [5.74, 6) is -3.36. The van der Waals surface area contributed by atoms with Gasteiger partial charge < -0.3 is 30.2 Å². The molecular formula is C26H28F3N3O6S. The zero-order chi connectivity index (χ0) is 28.1. The molecule has 9 nitrogen and oxygen atoms in total. The number of fused-ring (bicyclic) bond motifs is 1. The van der Waals surface area contributed by atoms with Gasteiger partial charge in [-0.15, -0.1) is 11.8 Å². The molecule has 0 aromatic heterocycles. The lowest BCUT2D eigenvalue weighted by atomic mass is 10.0. The molecule has 3 N–H and O–H groups in total. The maximum Gasteiger partial charge on any atom is 0.350 e. The van der Waals surface area contributed by atoms with Crippen molar-refractivity contribution in [2.75, 3.05) is 25.5 Å². The number of ether oxygens (including phenoxy) is 3. The van der Waals surface area contributed by atoms with Gasteiger partial charge in [-0.2, -0.15) is 0 Å². The third kappa shape index (κ3) is 6.95. The fourth-order valence-electron chi connectivity index (χ4n) is 4.21. The molecule has 0 saturated carbocycles. The van der Waals surface area contributed by atoms with Gasteiger partial charge in [0, 0.05) is 37.4 Å². The van der Waals surface area contributed by atoms with E-state index in [4.69, 9.17) is 19.9 Å². The molecule has 2 aromatic rings. The number of nitrogens with zero attached hydrogens (tertiary/aromatic N) is 1. The van der Waals surface area contributed by atoms with Crippen molar-refractivity contribution in [1.29, 1.82) is 0 Å². The number of nitrogens with one attached hydrogen (secondary N) is 1. The minimum atomic E-state index is -1.30. The lowest BCUT2D eigenvalue weighted by Crippen LogP contribution is -2.46. The molecule has 13 heteroatoms. The zero-order valence-corrected chi connectivity index (χ0v) is 21.9. The van der Waals surface area contributed by atoms with Gasteiger partial charge in [-0.25, -0.2) is 18.0 Å². The Morgan fingerprint density at radius 3 is 2.69 bits per heavy atom. The highest BCUT2D eigenvalue weighted by atomic mass is 32.2. The smallest absolute Gasteiger partial charge is 0.350 e. The van der Waals surface area contributed by atoms with Crippen molar-refractivity contribution in [2.24, 2.45) is 5.73 Å². The number of thioether (sulfide) groups is 1. The second-order valence-corrected chi connectivity index (χ2v) is 10.2. The van der Waals surface area contributed by atoms with Crippen LogP contribution in [0.4, 0.5) is 13.2 Å². The van der Waals surface area contributed by atoms with E-state index in [0.717, 1.165) is 11.6 Å². The van der Waals surface area contributed by atoms with E-state index >= 15 is 0 Å². The van der Waals surface area contributed by atoms with Crippen molar-refractivity contribution >= 4 is 29.5 Å². The number of amides is 2. The van der Waals surface area contributed by atoms with E-state index in [2.05, 4.69) is 5.32 Å². The number of halogens is 3. The SMILES string of the molecule is CCOC(=O)C1COc2cc(CNC(=O)C3SCCN3C(=O)C[C@H](N)Cc3cc(F)c(F)cc3F)ccc2O1. The highest BCUT2D eigenvalue weighted by Crippen LogP contribution is 2.33. The van der Waals surface area contributed by atoms with E-state index in [-0.39, 0.29) is 44.1 Å². The number of rotatable bonds is 9. The summed E-state index contributed by atoms with van der Waals surface area (Å²) >= 11 is 1.30. The van der Waals surface area contributed by atoms with E-state index < -0.39 is 46.8 Å². The lowest BCUT2D eigenvalue weighted by Gasteiger charge is -2.26. The Labute approximate surface area is 227 Å². The fourth-order valence-corrected chi connectivity index (χ4v) is 5.38. The molecule has 3 atom stereocenters. The van der Waals surface area contributed by atoms with Gasteiger partial charge >= 0.3 is 5.97 Å². The highest BCUT2D eigenvalue weighted by molar-refractivity contribution is 8.00. The molecule has 1 saturated heterocycles. The van der Waals surface area contributed by atoms with Gasteiger partial charge in [-0.05, 0) is 42.7 Å². The summed E-state index contributed by atoms with van der Waals surface area (Å²) in [6, 6.07) is 5.37. The topological polar surface area (TPSA) is 120 Å². The van der Waals surface area contributed by atoms with Crippen LogP contribution >= 0.6 is 11.8 Å². The van der Waals surface area contributed by atoms with Crippen molar-refractivity contribution in [2.45, 2.75) is 43.8 Å². The molecule has 0 bridgehead atoms. The molecule has 1 fully saturated rings. The van der Waals surface area contributed by atoms with Crippen LogP contribution in [0.2, 0.25) is 0 Å². The number of carbonyl (C=O) groups is 3. The molecule has 4 rings (SSSR count). The quantitative estimate of drug-likeness (QED) is 0.350. The summed E-state index contributed by atoms with van der Waals surface area (Å²) in [5.41, 5.74) is 6.59. The molecule has 2 heterocycles. The average Bonchev–Trinajstić information content (AvgIpc) is 3.40. The normalized spacial score (nSPS) is 18.9. The number of hydrogen-bond acceptors (Lipinski definition) is 8. The van der Waals surface area contributed by atoms with Gasteiger partial charge in [-0.3, -0.25) is 9.59 Å². The van der Waals surface area contributed by atoms with Crippen molar-refractivity contribution < 1.29 is 41.8 Å². The lowest BCUT2D eigenvalue weighted by molar-refractivity contribution is -0.154. The van der Waals surface area contributed by atoms with Crippen LogP contribution in [0, 0.1) is 17.5 Å². The molecule has 2 aliphatic heterocycles. The standard InChI is InChI=1S/C26H28F3N3O6S/c1-2-36-26(35)22-13-37-21-7-14(3-4-20(21)38-22)12-31-24(34)25-32(5-6-39-25)23(33)10-16(30)8-15-9-18(28)19(29)11-17(15)27/h3-4,7,9,11,16,22,25H,2,5-6,8,10,12-13,30H2,1H3,(H,31,34)/t16-,22?,25?/m1/s1. The Hall–Kier alpha value is -3.45. The fraction of sp³-hybridized carbons (Fsp3) is 0.423. The molecule has 2 unspecified atom stereocenters. The molecule has 2 aliphatic rings. The minimum Gasteiger partial charge on any atom is -0.485 e. The molecule has 0 aliphatic carbocycles. The van der Waals surface area contributed by atoms with Crippen LogP contribution in [0.25, 0.3) is 0 Å². The summed E-state index contributed by atoms with van der Waals surface area (Å²) in [7, 11) is 0. The second kappa shape index (κ2) is 12.6. The third-order valence-electron chi connectivity index (χ3n) is 6.13. The first-order valence-corrected chi connectivity index (χ1v) is 13.4. The predicted molar refractivity (Wildman–Crippen MR) is 135 cm³/mol. The van der Waals surface area contributed by atoms with Gasteiger partial charge in [-0.1, -0.05) is 6.07 Å². The molecule has 210 valence electrons. The summed E-state index contributed by atoms with van der Waals surface area (Å²) in [4.78, 5) is 39.1. The minimum absolute atomic E-state index is 0.00229. The maximum atomic E-state index is 13.9. The van der Waals surface area contributed by atoms with Gasteiger partial charge in [0.05, 0.1) is 6.61 Å². The maximum absolute atomic E-state index is 13.9. The van der Waals surface area contributed by atoms with Crippen molar-refractivity contribution in [1.82, 2.24) is 10.2 Å². The van der Waals surface area contributed by atoms with E-state index in [1.54, 1.807) is 25.1 Å². The molecule has 0 radical (unpaired) electrons. The van der Waals surface area contributed by atoms with Crippen molar-refractivity contribution in [3.63, 3.8) is 0 Å². The summed E-state index contributed by atoms with van der Waals surface area (Å²) in [6.07, 6.45) is -1.22. The van der Waals surface area contributed by atoms with E-state index in [0.29, 0.717) is 29.9 Å². The second-order valence-electron chi connectivity index (χ2n) is 9.00. The molecule has 39 heavy (non-hydrogen) atoms. The number of hydrogen-bond donors (Lipinski definition) is 2. The van der Waals surface area contributed by atoms with E-state index in [1.807, 2.05) is 0 Å². The first-order valence-electron chi connectivity index (χ1n) is 12.3. The first-order chi connectivity index (χ1) is 18.7. The summed E-state index contributed by atoms with van der Waals surface area (Å²) < 4.78 is 56.8. The van der Waals surface area contributed by atoms with Crippen LogP contribution in [-0.4, -0.2) is 65.7 Å². The number of benzene rings is 2. The van der Waals surface area contributed by atoms with Crippen molar-refractivity contribution in [3.05, 3.63) is 58.9 Å². The van der Waals surface area contributed by atoms with E-state index in [1.165, 1.54) is 16.7 Å².